The van der Waals surface area contributed by atoms with E-state index in [4.69, 9.17) is 0 Å². The maximum absolute atomic E-state index is 10.9. The minimum Gasteiger partial charge on any atom is -0.313 e. The Labute approximate surface area is 92.2 Å². The first-order valence-corrected chi connectivity index (χ1v) is 6.26. The first kappa shape index (κ1) is 11.1. The molecule has 1 radical (unpaired) electrons. The summed E-state index contributed by atoms with van der Waals surface area (Å²) in [5, 5.41) is 3.27. The van der Waals surface area contributed by atoms with Gasteiger partial charge in [-0.05, 0) is 12.8 Å². The molecule has 3 nitrogen and oxygen atoms in total. The first-order valence-electron chi connectivity index (χ1n) is 6.26. The van der Waals surface area contributed by atoms with Crippen LogP contribution >= 0.6 is 0 Å². The standard InChI is InChI=1S/C12H21N2O/c15-10-12-9-13-7-8-14(12)11-5-3-1-2-4-6-11/h11-13H,1-9H2. The zero-order valence-electron chi connectivity index (χ0n) is 9.37. The maximum atomic E-state index is 10.9. The van der Waals surface area contributed by atoms with E-state index in [1.807, 2.05) is 0 Å². The Hall–Kier alpha value is -0.410. The average molecular weight is 209 g/mol. The van der Waals surface area contributed by atoms with Gasteiger partial charge in [-0.1, -0.05) is 25.7 Å². The van der Waals surface area contributed by atoms with Crippen molar-refractivity contribution in [1.82, 2.24) is 10.2 Å². The van der Waals surface area contributed by atoms with E-state index in [-0.39, 0.29) is 6.04 Å². The fourth-order valence-corrected chi connectivity index (χ4v) is 2.86. The summed E-state index contributed by atoms with van der Waals surface area (Å²) in [6, 6.07) is 0.642. The molecule has 1 aliphatic carbocycles. The van der Waals surface area contributed by atoms with Gasteiger partial charge in [0.25, 0.3) is 0 Å². The summed E-state index contributed by atoms with van der Waals surface area (Å²) in [5.74, 6) is 0. The van der Waals surface area contributed by atoms with E-state index in [1.165, 1.54) is 38.5 Å². The number of hydrogen-bond acceptors (Lipinski definition) is 3. The van der Waals surface area contributed by atoms with Crippen LogP contribution in [0.3, 0.4) is 0 Å². The molecule has 85 valence electrons. The fraction of sp³-hybridized carbons (Fsp3) is 0.917. The van der Waals surface area contributed by atoms with Gasteiger partial charge < -0.3 is 5.32 Å². The number of carbonyl (C=O) groups excluding carboxylic acids is 1. The summed E-state index contributed by atoms with van der Waals surface area (Å²) in [4.78, 5) is 13.3. The van der Waals surface area contributed by atoms with Gasteiger partial charge in [0.05, 0.1) is 6.04 Å². The second-order valence-electron chi connectivity index (χ2n) is 4.72. The lowest BCUT2D eigenvalue weighted by Crippen LogP contribution is -2.55. The molecule has 1 atom stereocenters. The highest BCUT2D eigenvalue weighted by molar-refractivity contribution is 5.59. The fourth-order valence-electron chi connectivity index (χ4n) is 2.86. The summed E-state index contributed by atoms with van der Waals surface area (Å²) < 4.78 is 0. The third-order valence-corrected chi connectivity index (χ3v) is 3.71. The Balaban J connectivity index is 1.95. The molecular weight excluding hydrogens is 188 g/mol. The number of nitrogens with zero attached hydrogens (tertiary/aromatic N) is 1. The molecule has 0 spiro atoms. The van der Waals surface area contributed by atoms with Gasteiger partial charge in [-0.3, -0.25) is 9.69 Å². The predicted octanol–water partition coefficient (Wildman–Crippen LogP) is 1.09. The molecule has 2 rings (SSSR count). The molecular formula is C12H21N2O. The van der Waals surface area contributed by atoms with Crippen molar-refractivity contribution in [2.45, 2.75) is 50.6 Å². The van der Waals surface area contributed by atoms with Crippen LogP contribution in [-0.2, 0) is 4.79 Å². The second kappa shape index (κ2) is 5.61. The number of rotatable bonds is 2. The molecule has 0 aromatic rings. The summed E-state index contributed by atoms with van der Waals surface area (Å²) in [7, 11) is 0. The molecule has 3 heteroatoms. The highest BCUT2D eigenvalue weighted by atomic mass is 16.1. The minimum absolute atomic E-state index is 0.00171. The Kier molecular flexibility index (Phi) is 4.15. The summed E-state index contributed by atoms with van der Waals surface area (Å²) in [6.45, 7) is 2.83. The second-order valence-corrected chi connectivity index (χ2v) is 4.72. The van der Waals surface area contributed by atoms with Crippen LogP contribution in [0.15, 0.2) is 0 Å². The van der Waals surface area contributed by atoms with Gasteiger partial charge in [0.1, 0.15) is 0 Å². The molecule has 2 fully saturated rings. The molecule has 1 saturated carbocycles. The van der Waals surface area contributed by atoms with Crippen molar-refractivity contribution in [2.24, 2.45) is 0 Å². The van der Waals surface area contributed by atoms with Crippen LogP contribution in [0.1, 0.15) is 38.5 Å². The molecule has 1 aliphatic heterocycles. The predicted molar refractivity (Wildman–Crippen MR) is 60.5 cm³/mol. The smallest absolute Gasteiger partial charge is 0.218 e. The van der Waals surface area contributed by atoms with Crippen molar-refractivity contribution in [1.29, 1.82) is 0 Å². The van der Waals surface area contributed by atoms with Crippen molar-refractivity contribution in [3.63, 3.8) is 0 Å². The largest absolute Gasteiger partial charge is 0.313 e. The number of hydrogen-bond donors (Lipinski definition) is 1. The van der Waals surface area contributed by atoms with Crippen molar-refractivity contribution in [3.8, 4) is 0 Å². The highest BCUT2D eigenvalue weighted by Crippen LogP contribution is 2.23. The highest BCUT2D eigenvalue weighted by Gasteiger charge is 2.29. The molecule has 0 aromatic heterocycles. The zero-order chi connectivity index (χ0) is 10.5. The van der Waals surface area contributed by atoms with Crippen LogP contribution in [0.4, 0.5) is 0 Å². The first-order chi connectivity index (χ1) is 7.42. The van der Waals surface area contributed by atoms with E-state index in [0.29, 0.717) is 6.04 Å². The monoisotopic (exact) mass is 209 g/mol. The van der Waals surface area contributed by atoms with Crippen LogP contribution in [-0.4, -0.2) is 42.9 Å². The topological polar surface area (TPSA) is 32.3 Å². The molecule has 0 amide bonds. The molecule has 1 heterocycles. The van der Waals surface area contributed by atoms with E-state index in [1.54, 1.807) is 0 Å². The van der Waals surface area contributed by atoms with E-state index < -0.39 is 0 Å². The van der Waals surface area contributed by atoms with E-state index >= 15 is 0 Å². The van der Waals surface area contributed by atoms with Crippen LogP contribution in [0.2, 0.25) is 0 Å². The lowest BCUT2D eigenvalue weighted by atomic mass is 10.0. The molecule has 1 N–H and O–H groups in total. The van der Waals surface area contributed by atoms with Crippen LogP contribution in [0, 0.1) is 0 Å². The van der Waals surface area contributed by atoms with Crippen molar-refractivity contribution < 1.29 is 4.79 Å². The Bertz CT molecular complexity index is 200. The normalized spacial score (nSPS) is 31.1. The summed E-state index contributed by atoms with van der Waals surface area (Å²) in [5.41, 5.74) is 0. The van der Waals surface area contributed by atoms with E-state index in [0.717, 1.165) is 19.6 Å². The number of piperazine rings is 1. The number of nitrogens with one attached hydrogen (secondary N) is 1. The van der Waals surface area contributed by atoms with Gasteiger partial charge in [-0.2, -0.15) is 0 Å². The van der Waals surface area contributed by atoms with Crippen molar-refractivity contribution >= 4 is 6.29 Å². The Morgan fingerprint density at radius 2 is 1.87 bits per heavy atom. The molecule has 0 bridgehead atoms. The van der Waals surface area contributed by atoms with Crippen molar-refractivity contribution in [2.75, 3.05) is 19.6 Å². The Morgan fingerprint density at radius 3 is 2.53 bits per heavy atom. The van der Waals surface area contributed by atoms with Gasteiger partial charge >= 0.3 is 0 Å². The zero-order valence-corrected chi connectivity index (χ0v) is 9.37. The molecule has 0 aromatic carbocycles. The van der Waals surface area contributed by atoms with Crippen LogP contribution in [0.5, 0.6) is 0 Å². The third-order valence-electron chi connectivity index (χ3n) is 3.71. The quantitative estimate of drug-likeness (QED) is 0.691. The molecule has 1 unspecified atom stereocenters. The van der Waals surface area contributed by atoms with Crippen LogP contribution in [0.25, 0.3) is 0 Å². The van der Waals surface area contributed by atoms with Gasteiger partial charge in [-0.15, -0.1) is 0 Å². The molecule has 2 aliphatic rings. The summed E-state index contributed by atoms with van der Waals surface area (Å²) in [6.07, 6.45) is 10.2. The van der Waals surface area contributed by atoms with E-state index in [2.05, 4.69) is 16.5 Å². The van der Waals surface area contributed by atoms with Gasteiger partial charge in [0, 0.05) is 25.7 Å². The lowest BCUT2D eigenvalue weighted by molar-refractivity contribution is 0.128. The molecule has 15 heavy (non-hydrogen) atoms. The molecule has 1 saturated heterocycles. The minimum atomic E-state index is 0.00171. The average Bonchev–Trinajstić information content (AvgIpc) is 2.57. The van der Waals surface area contributed by atoms with Gasteiger partial charge in [0.15, 0.2) is 0 Å². The summed E-state index contributed by atoms with van der Waals surface area (Å²) >= 11 is 0. The SMILES string of the molecule is O=[C]C1CNCCN1C1CCCCCC1. The third kappa shape index (κ3) is 2.79. The van der Waals surface area contributed by atoms with Gasteiger partial charge in [0.2, 0.25) is 6.29 Å². The van der Waals surface area contributed by atoms with Gasteiger partial charge in [-0.25, -0.2) is 0 Å². The lowest BCUT2D eigenvalue weighted by Gasteiger charge is -2.38. The van der Waals surface area contributed by atoms with E-state index in [9.17, 15) is 4.79 Å². The van der Waals surface area contributed by atoms with Crippen molar-refractivity contribution in [3.05, 3.63) is 0 Å². The van der Waals surface area contributed by atoms with Crippen LogP contribution < -0.4 is 5.32 Å². The Morgan fingerprint density at radius 1 is 1.13 bits per heavy atom. The maximum Gasteiger partial charge on any atom is 0.218 e.